The molecule has 0 saturated heterocycles. The molecule has 0 spiro atoms. The zero-order valence-corrected chi connectivity index (χ0v) is 12.1. The maximum Gasteiger partial charge on any atom is 0.254 e. The summed E-state index contributed by atoms with van der Waals surface area (Å²) in [5.41, 5.74) is 2.33. The number of rotatable bonds is 3. The van der Waals surface area contributed by atoms with Crippen molar-refractivity contribution in [2.24, 2.45) is 0 Å². The smallest absolute Gasteiger partial charge is 0.254 e. The molecule has 0 amide bonds. The standard InChI is InChI=1S/C15H15N5O/c1-9-7-14(20-15(16-9)17-11(3)19-20)18-13-6-4-5-12(8-13)10(2)21/h4-8,18H,1-3H3. The number of anilines is 2. The molecule has 3 rings (SSSR count). The molecule has 0 fully saturated rings. The van der Waals surface area contributed by atoms with Crippen molar-refractivity contribution in [3.05, 3.63) is 47.4 Å². The van der Waals surface area contributed by atoms with E-state index in [1.54, 1.807) is 17.5 Å². The molecule has 0 aliphatic rings. The third kappa shape index (κ3) is 2.60. The largest absolute Gasteiger partial charge is 0.340 e. The second-order valence-electron chi connectivity index (χ2n) is 4.92. The second kappa shape index (κ2) is 4.97. The number of carbonyl (C=O) groups excluding carboxylic acids is 1. The lowest BCUT2D eigenvalue weighted by Crippen LogP contribution is -2.03. The summed E-state index contributed by atoms with van der Waals surface area (Å²) in [7, 11) is 0. The maximum absolute atomic E-state index is 11.5. The van der Waals surface area contributed by atoms with E-state index >= 15 is 0 Å². The van der Waals surface area contributed by atoms with Gasteiger partial charge in [-0.2, -0.15) is 9.50 Å². The minimum Gasteiger partial charge on any atom is -0.340 e. The molecule has 6 nitrogen and oxygen atoms in total. The fraction of sp³-hybridized carbons (Fsp3) is 0.200. The molecule has 21 heavy (non-hydrogen) atoms. The fourth-order valence-electron chi connectivity index (χ4n) is 2.14. The van der Waals surface area contributed by atoms with Crippen molar-refractivity contribution in [1.29, 1.82) is 0 Å². The predicted molar refractivity (Wildman–Crippen MR) is 80.0 cm³/mol. The number of Topliss-reactive ketones (excluding diaryl/α,β-unsaturated/α-hetero) is 1. The van der Waals surface area contributed by atoms with E-state index in [1.807, 2.05) is 38.1 Å². The first-order valence-corrected chi connectivity index (χ1v) is 6.62. The lowest BCUT2D eigenvalue weighted by atomic mass is 10.1. The zero-order chi connectivity index (χ0) is 15.0. The minimum atomic E-state index is 0.0336. The van der Waals surface area contributed by atoms with E-state index in [1.165, 1.54) is 0 Å². The molecule has 3 aromatic rings. The van der Waals surface area contributed by atoms with Gasteiger partial charge >= 0.3 is 0 Å². The Morgan fingerprint density at radius 3 is 2.76 bits per heavy atom. The first-order chi connectivity index (χ1) is 10.0. The lowest BCUT2D eigenvalue weighted by Gasteiger charge is -2.09. The molecule has 0 saturated carbocycles. The van der Waals surface area contributed by atoms with Crippen molar-refractivity contribution in [2.45, 2.75) is 20.8 Å². The highest BCUT2D eigenvalue weighted by atomic mass is 16.1. The Balaban J connectivity index is 2.05. The van der Waals surface area contributed by atoms with Crippen molar-refractivity contribution < 1.29 is 4.79 Å². The Morgan fingerprint density at radius 1 is 1.19 bits per heavy atom. The highest BCUT2D eigenvalue weighted by Gasteiger charge is 2.08. The van der Waals surface area contributed by atoms with Crippen LogP contribution in [0.15, 0.2) is 30.3 Å². The number of aryl methyl sites for hydroxylation is 2. The van der Waals surface area contributed by atoms with E-state index in [0.717, 1.165) is 17.2 Å². The number of nitrogens with zero attached hydrogens (tertiary/aromatic N) is 4. The van der Waals surface area contributed by atoms with E-state index in [2.05, 4.69) is 20.4 Å². The van der Waals surface area contributed by atoms with Gasteiger partial charge in [-0.25, -0.2) is 4.98 Å². The van der Waals surface area contributed by atoms with Crippen LogP contribution in [0.3, 0.4) is 0 Å². The molecule has 1 aromatic carbocycles. The summed E-state index contributed by atoms with van der Waals surface area (Å²) in [6, 6.07) is 9.24. The van der Waals surface area contributed by atoms with Crippen molar-refractivity contribution in [3.8, 4) is 0 Å². The van der Waals surface area contributed by atoms with Crippen molar-refractivity contribution in [2.75, 3.05) is 5.32 Å². The molecule has 6 heteroatoms. The van der Waals surface area contributed by atoms with Crippen LogP contribution in [0.25, 0.3) is 5.78 Å². The fourth-order valence-corrected chi connectivity index (χ4v) is 2.14. The molecule has 0 aliphatic carbocycles. The molecule has 1 N–H and O–H groups in total. The van der Waals surface area contributed by atoms with E-state index < -0.39 is 0 Å². The average Bonchev–Trinajstić information content (AvgIpc) is 2.79. The van der Waals surface area contributed by atoms with Gasteiger partial charge in [0, 0.05) is 23.0 Å². The van der Waals surface area contributed by atoms with Crippen LogP contribution in [-0.2, 0) is 0 Å². The number of ketones is 1. The Labute approximate surface area is 121 Å². The summed E-state index contributed by atoms with van der Waals surface area (Å²) in [6.07, 6.45) is 0. The number of carbonyl (C=O) groups is 1. The molecule has 0 unspecified atom stereocenters. The number of hydrogen-bond acceptors (Lipinski definition) is 5. The SMILES string of the molecule is CC(=O)c1cccc(Nc2cc(C)nc3nc(C)nn23)c1. The molecule has 2 aromatic heterocycles. The normalized spacial score (nSPS) is 10.8. The van der Waals surface area contributed by atoms with Gasteiger partial charge < -0.3 is 5.32 Å². The van der Waals surface area contributed by atoms with Gasteiger partial charge in [-0.05, 0) is 32.9 Å². The van der Waals surface area contributed by atoms with Gasteiger partial charge in [0.15, 0.2) is 5.78 Å². The lowest BCUT2D eigenvalue weighted by molar-refractivity contribution is 0.101. The van der Waals surface area contributed by atoms with Crippen LogP contribution in [0, 0.1) is 13.8 Å². The quantitative estimate of drug-likeness (QED) is 0.747. The third-order valence-corrected chi connectivity index (χ3v) is 3.09. The summed E-state index contributed by atoms with van der Waals surface area (Å²) in [5, 5.41) is 7.59. The van der Waals surface area contributed by atoms with E-state index in [4.69, 9.17) is 0 Å². The Morgan fingerprint density at radius 2 is 2.00 bits per heavy atom. The topological polar surface area (TPSA) is 72.2 Å². The Hall–Kier alpha value is -2.76. The third-order valence-electron chi connectivity index (χ3n) is 3.09. The number of nitrogens with one attached hydrogen (secondary N) is 1. The van der Waals surface area contributed by atoms with Gasteiger partial charge in [-0.1, -0.05) is 12.1 Å². The summed E-state index contributed by atoms with van der Waals surface area (Å²) in [6.45, 7) is 5.28. The van der Waals surface area contributed by atoms with E-state index in [-0.39, 0.29) is 5.78 Å². The second-order valence-corrected chi connectivity index (χ2v) is 4.92. The molecule has 0 bridgehead atoms. The molecular weight excluding hydrogens is 266 g/mol. The van der Waals surface area contributed by atoms with Crippen LogP contribution in [0.2, 0.25) is 0 Å². The average molecular weight is 281 g/mol. The van der Waals surface area contributed by atoms with E-state index in [0.29, 0.717) is 17.2 Å². The van der Waals surface area contributed by atoms with Crippen LogP contribution in [-0.4, -0.2) is 25.4 Å². The number of aromatic nitrogens is 4. The van der Waals surface area contributed by atoms with Gasteiger partial charge in [0.05, 0.1) is 0 Å². The van der Waals surface area contributed by atoms with Crippen LogP contribution in [0.1, 0.15) is 28.8 Å². The summed E-state index contributed by atoms with van der Waals surface area (Å²) < 4.78 is 1.66. The van der Waals surface area contributed by atoms with Crippen LogP contribution >= 0.6 is 0 Å². The monoisotopic (exact) mass is 281 g/mol. The Kier molecular flexibility index (Phi) is 3.13. The molecule has 2 heterocycles. The summed E-state index contributed by atoms with van der Waals surface area (Å²) in [5.74, 6) is 2.01. The number of benzene rings is 1. The first kappa shape index (κ1) is 13.2. The van der Waals surface area contributed by atoms with Crippen molar-refractivity contribution in [3.63, 3.8) is 0 Å². The van der Waals surface area contributed by atoms with Gasteiger partial charge in [-0.15, -0.1) is 5.10 Å². The van der Waals surface area contributed by atoms with Crippen LogP contribution in [0.4, 0.5) is 11.5 Å². The van der Waals surface area contributed by atoms with Crippen molar-refractivity contribution in [1.82, 2.24) is 19.6 Å². The molecule has 0 aliphatic heterocycles. The number of fused-ring (bicyclic) bond motifs is 1. The van der Waals surface area contributed by atoms with Gasteiger partial charge in [0.25, 0.3) is 5.78 Å². The van der Waals surface area contributed by atoms with Gasteiger partial charge in [0.1, 0.15) is 11.6 Å². The zero-order valence-electron chi connectivity index (χ0n) is 12.1. The molecular formula is C15H15N5O. The first-order valence-electron chi connectivity index (χ1n) is 6.62. The summed E-state index contributed by atoms with van der Waals surface area (Å²) in [4.78, 5) is 20.1. The molecule has 0 radical (unpaired) electrons. The van der Waals surface area contributed by atoms with Crippen molar-refractivity contribution >= 4 is 23.1 Å². The highest BCUT2D eigenvalue weighted by Crippen LogP contribution is 2.19. The molecule has 106 valence electrons. The van der Waals surface area contributed by atoms with Crippen LogP contribution in [0.5, 0.6) is 0 Å². The van der Waals surface area contributed by atoms with Gasteiger partial charge in [-0.3, -0.25) is 4.79 Å². The minimum absolute atomic E-state index is 0.0336. The van der Waals surface area contributed by atoms with Crippen LogP contribution < -0.4 is 5.32 Å². The highest BCUT2D eigenvalue weighted by molar-refractivity contribution is 5.95. The summed E-state index contributed by atoms with van der Waals surface area (Å²) >= 11 is 0. The van der Waals surface area contributed by atoms with E-state index in [9.17, 15) is 4.79 Å². The molecule has 0 atom stereocenters. The number of hydrogen-bond donors (Lipinski definition) is 1. The van der Waals surface area contributed by atoms with Gasteiger partial charge in [0.2, 0.25) is 0 Å². The predicted octanol–water partition coefficient (Wildman–Crippen LogP) is 2.69. The Bertz CT molecular complexity index is 837. The maximum atomic E-state index is 11.5.